The molecule has 1 aliphatic heterocycles. The van der Waals surface area contributed by atoms with Crippen LogP contribution < -0.4 is 10.1 Å². The van der Waals surface area contributed by atoms with Gasteiger partial charge in [0, 0.05) is 23.9 Å². The first-order valence-corrected chi connectivity index (χ1v) is 9.46. The molecule has 28 heavy (non-hydrogen) atoms. The van der Waals surface area contributed by atoms with E-state index >= 15 is 0 Å². The summed E-state index contributed by atoms with van der Waals surface area (Å²) in [5.41, 5.74) is 5.81. The number of nitrogens with one attached hydrogen (secondary N) is 2. The van der Waals surface area contributed by atoms with E-state index in [1.54, 1.807) is 7.11 Å². The van der Waals surface area contributed by atoms with Crippen LogP contribution in [0.25, 0.3) is 0 Å². The third-order valence-corrected chi connectivity index (χ3v) is 5.61. The summed E-state index contributed by atoms with van der Waals surface area (Å²) >= 11 is 0. The lowest BCUT2D eigenvalue weighted by Gasteiger charge is -2.15. The summed E-state index contributed by atoms with van der Waals surface area (Å²) in [6, 6.07) is 8.00. The van der Waals surface area contributed by atoms with Crippen molar-refractivity contribution < 1.29 is 9.53 Å². The molecule has 0 bridgehead atoms. The Hall–Kier alpha value is -3.09. The Balaban J connectivity index is 1.62. The molecule has 0 saturated heterocycles. The highest BCUT2D eigenvalue weighted by atomic mass is 16.5. The number of ether oxygens (including phenoxy) is 1. The van der Waals surface area contributed by atoms with Gasteiger partial charge in [-0.05, 0) is 50.5 Å². The van der Waals surface area contributed by atoms with Gasteiger partial charge in [0.25, 0.3) is 5.91 Å². The van der Waals surface area contributed by atoms with Crippen molar-refractivity contribution in [3.63, 3.8) is 0 Å². The molecule has 146 valence electrons. The van der Waals surface area contributed by atoms with Crippen LogP contribution in [0, 0.1) is 20.8 Å². The van der Waals surface area contributed by atoms with E-state index in [9.17, 15) is 4.79 Å². The average Bonchev–Trinajstić information content (AvgIpc) is 3.15. The molecule has 0 fully saturated rings. The first-order chi connectivity index (χ1) is 13.5. The van der Waals surface area contributed by atoms with Gasteiger partial charge in [0.2, 0.25) is 0 Å². The molecule has 7 heteroatoms. The van der Waals surface area contributed by atoms with Crippen LogP contribution in [0.2, 0.25) is 0 Å². The van der Waals surface area contributed by atoms with Crippen molar-refractivity contribution in [3.8, 4) is 5.75 Å². The summed E-state index contributed by atoms with van der Waals surface area (Å²) in [7, 11) is 1.66. The largest absolute Gasteiger partial charge is 0.497 e. The lowest BCUT2D eigenvalue weighted by molar-refractivity contribution is 0.0950. The minimum atomic E-state index is -0.132. The molecule has 3 aromatic rings. The van der Waals surface area contributed by atoms with Crippen LogP contribution in [0.15, 0.2) is 24.3 Å². The average molecular weight is 379 g/mol. The van der Waals surface area contributed by atoms with Crippen LogP contribution in [-0.4, -0.2) is 39.3 Å². The normalized spacial score (nSPS) is 16.4. The number of benzene rings is 1. The van der Waals surface area contributed by atoms with Crippen LogP contribution >= 0.6 is 0 Å². The fourth-order valence-electron chi connectivity index (χ4n) is 3.71. The molecular weight excluding hydrogens is 354 g/mol. The zero-order valence-corrected chi connectivity index (χ0v) is 16.7. The topological polar surface area (TPSA) is 84.8 Å². The van der Waals surface area contributed by atoms with Crippen molar-refractivity contribution in [3.05, 3.63) is 64.0 Å². The van der Waals surface area contributed by atoms with E-state index in [2.05, 4.69) is 40.3 Å². The number of methoxy groups -OCH3 is 1. The molecule has 2 N–H and O–H groups in total. The Morgan fingerprint density at radius 3 is 2.82 bits per heavy atom. The number of aromatic amines is 1. The van der Waals surface area contributed by atoms with E-state index in [1.807, 2.05) is 29.8 Å². The molecule has 0 spiro atoms. The fraction of sp³-hybridized carbons (Fsp3) is 0.381. The highest BCUT2D eigenvalue weighted by Gasteiger charge is 2.26. The number of imidazole rings is 1. The lowest BCUT2D eigenvalue weighted by atomic mass is 9.94. The molecule has 2 aromatic heterocycles. The Morgan fingerprint density at radius 1 is 1.29 bits per heavy atom. The monoisotopic (exact) mass is 379 g/mol. The summed E-state index contributed by atoms with van der Waals surface area (Å²) in [6.07, 6.45) is 0.713. The Morgan fingerprint density at radius 2 is 2.11 bits per heavy atom. The Bertz CT molecular complexity index is 1030. The second-order valence-corrected chi connectivity index (χ2v) is 7.35. The van der Waals surface area contributed by atoms with Gasteiger partial charge in [-0.15, -0.1) is 0 Å². The number of aryl methyl sites for hydroxylation is 1. The van der Waals surface area contributed by atoms with E-state index in [0.717, 1.165) is 34.2 Å². The molecule has 1 aliphatic rings. The SMILES string of the molecule is COc1cccc([C@@H]2CNC(=O)c3nc(Cn4nc(C)c(C)c4C)[nH]c3C2)c1. The van der Waals surface area contributed by atoms with Gasteiger partial charge in [0.15, 0.2) is 0 Å². The number of fused-ring (bicyclic) bond motifs is 1. The number of rotatable bonds is 4. The Kier molecular flexibility index (Phi) is 4.66. The van der Waals surface area contributed by atoms with E-state index in [1.165, 1.54) is 5.56 Å². The van der Waals surface area contributed by atoms with Gasteiger partial charge in [0.05, 0.1) is 19.3 Å². The molecule has 1 aromatic carbocycles. The Labute approximate surface area is 164 Å². The van der Waals surface area contributed by atoms with Crippen LogP contribution in [0.5, 0.6) is 5.75 Å². The number of hydrogen-bond acceptors (Lipinski definition) is 4. The van der Waals surface area contributed by atoms with Gasteiger partial charge in [-0.2, -0.15) is 5.10 Å². The zero-order chi connectivity index (χ0) is 19.8. The molecule has 0 aliphatic carbocycles. The van der Waals surface area contributed by atoms with Crippen LogP contribution in [0.3, 0.4) is 0 Å². The summed E-state index contributed by atoms with van der Waals surface area (Å²) in [5, 5.41) is 7.58. The van der Waals surface area contributed by atoms with Crippen molar-refractivity contribution in [1.82, 2.24) is 25.1 Å². The maximum atomic E-state index is 12.6. The number of aromatic nitrogens is 4. The van der Waals surface area contributed by atoms with Crippen molar-refractivity contribution in [2.24, 2.45) is 0 Å². The molecule has 1 amide bonds. The second kappa shape index (κ2) is 7.14. The van der Waals surface area contributed by atoms with Crippen LogP contribution in [-0.2, 0) is 13.0 Å². The minimum Gasteiger partial charge on any atom is -0.497 e. The molecule has 7 nitrogen and oxygen atoms in total. The number of hydrogen-bond donors (Lipinski definition) is 2. The molecule has 1 atom stereocenters. The maximum absolute atomic E-state index is 12.6. The van der Waals surface area contributed by atoms with Gasteiger partial charge in [-0.25, -0.2) is 4.98 Å². The second-order valence-electron chi connectivity index (χ2n) is 7.35. The quantitative estimate of drug-likeness (QED) is 0.730. The number of amides is 1. The van der Waals surface area contributed by atoms with Crippen LogP contribution in [0.1, 0.15) is 50.4 Å². The first-order valence-electron chi connectivity index (χ1n) is 9.46. The van der Waals surface area contributed by atoms with Crippen LogP contribution in [0.4, 0.5) is 0 Å². The fourth-order valence-corrected chi connectivity index (χ4v) is 3.71. The number of H-pyrrole nitrogens is 1. The minimum absolute atomic E-state index is 0.132. The van der Waals surface area contributed by atoms with Gasteiger partial charge >= 0.3 is 0 Å². The first kappa shape index (κ1) is 18.3. The highest BCUT2D eigenvalue weighted by Crippen LogP contribution is 2.27. The standard InChI is InChI=1S/C21H25N5O2/c1-12-13(2)25-26(14(12)3)11-19-23-18-9-16(10-22-21(27)20(18)24-19)15-6-5-7-17(8-15)28-4/h5-8,16H,9-11H2,1-4H3,(H,22,27)(H,23,24)/t16-/m0/s1. The molecular formula is C21H25N5O2. The van der Waals surface area contributed by atoms with E-state index in [4.69, 9.17) is 4.74 Å². The summed E-state index contributed by atoms with van der Waals surface area (Å²) < 4.78 is 7.27. The van der Waals surface area contributed by atoms with Gasteiger partial charge in [-0.1, -0.05) is 12.1 Å². The summed E-state index contributed by atoms with van der Waals surface area (Å²) in [6.45, 7) is 7.21. The van der Waals surface area contributed by atoms with Gasteiger partial charge < -0.3 is 15.0 Å². The number of nitrogens with zero attached hydrogens (tertiary/aromatic N) is 3. The third kappa shape index (κ3) is 3.28. The van der Waals surface area contributed by atoms with E-state index < -0.39 is 0 Å². The van der Waals surface area contributed by atoms with Crippen molar-refractivity contribution in [2.75, 3.05) is 13.7 Å². The zero-order valence-electron chi connectivity index (χ0n) is 16.7. The van der Waals surface area contributed by atoms with E-state index in [-0.39, 0.29) is 11.8 Å². The summed E-state index contributed by atoms with van der Waals surface area (Å²) in [5.74, 6) is 1.59. The molecule has 0 unspecified atom stereocenters. The molecule has 3 heterocycles. The van der Waals surface area contributed by atoms with Crippen molar-refractivity contribution in [1.29, 1.82) is 0 Å². The summed E-state index contributed by atoms with van der Waals surface area (Å²) in [4.78, 5) is 20.5. The van der Waals surface area contributed by atoms with Crippen molar-refractivity contribution in [2.45, 2.75) is 39.7 Å². The number of carbonyl (C=O) groups excluding carboxylic acids is 1. The predicted molar refractivity (Wildman–Crippen MR) is 106 cm³/mol. The lowest BCUT2D eigenvalue weighted by Crippen LogP contribution is -2.26. The van der Waals surface area contributed by atoms with Gasteiger partial charge in [0.1, 0.15) is 17.3 Å². The van der Waals surface area contributed by atoms with E-state index in [0.29, 0.717) is 25.2 Å². The maximum Gasteiger partial charge on any atom is 0.271 e. The smallest absolute Gasteiger partial charge is 0.271 e. The number of carbonyl (C=O) groups is 1. The highest BCUT2D eigenvalue weighted by molar-refractivity contribution is 5.94. The van der Waals surface area contributed by atoms with Crippen molar-refractivity contribution >= 4 is 5.91 Å². The third-order valence-electron chi connectivity index (χ3n) is 5.61. The molecule has 4 rings (SSSR count). The van der Waals surface area contributed by atoms with Gasteiger partial charge in [-0.3, -0.25) is 9.48 Å². The molecule has 0 saturated carbocycles. The molecule has 0 radical (unpaired) electrons. The predicted octanol–water partition coefficient (Wildman–Crippen LogP) is 2.66.